The molecule has 6 nitrogen and oxygen atoms in total. The Labute approximate surface area is 150 Å². The highest BCUT2D eigenvalue weighted by Crippen LogP contribution is 2.36. The van der Waals surface area contributed by atoms with E-state index in [1.54, 1.807) is 23.7 Å². The van der Waals surface area contributed by atoms with Crippen LogP contribution in [0.5, 0.6) is 5.88 Å². The van der Waals surface area contributed by atoms with Crippen LogP contribution in [0.15, 0.2) is 29.9 Å². The van der Waals surface area contributed by atoms with Crippen LogP contribution >= 0.6 is 11.3 Å². The number of hydrogen-bond donors (Lipinski definition) is 0. The first-order valence-electron chi connectivity index (χ1n) is 8.51. The van der Waals surface area contributed by atoms with Gasteiger partial charge in [0.05, 0.1) is 38.0 Å². The lowest BCUT2D eigenvalue weighted by Gasteiger charge is -2.52. The number of nitrogens with zero attached hydrogens (tertiary/aromatic N) is 3. The molecule has 0 aromatic carbocycles. The first-order chi connectivity index (χ1) is 12.1. The van der Waals surface area contributed by atoms with Crippen molar-refractivity contribution in [2.24, 2.45) is 0 Å². The van der Waals surface area contributed by atoms with Gasteiger partial charge in [-0.25, -0.2) is 4.98 Å². The van der Waals surface area contributed by atoms with E-state index in [4.69, 9.17) is 9.47 Å². The second kappa shape index (κ2) is 6.72. The smallest absolute Gasteiger partial charge is 0.232 e. The van der Waals surface area contributed by atoms with Crippen molar-refractivity contribution in [3.63, 3.8) is 0 Å². The Hall–Kier alpha value is -1.99. The molecule has 7 heteroatoms. The van der Waals surface area contributed by atoms with Gasteiger partial charge in [-0.3, -0.25) is 9.78 Å². The minimum Gasteiger partial charge on any atom is -0.473 e. The highest BCUT2D eigenvalue weighted by atomic mass is 32.1. The number of rotatable bonds is 4. The average molecular weight is 359 g/mol. The van der Waals surface area contributed by atoms with Crippen molar-refractivity contribution >= 4 is 17.2 Å². The number of carbonyl (C=O) groups excluding carboxylic acids is 1. The molecule has 0 radical (unpaired) electrons. The number of carbonyl (C=O) groups is 1. The van der Waals surface area contributed by atoms with Crippen LogP contribution < -0.4 is 4.74 Å². The van der Waals surface area contributed by atoms with E-state index >= 15 is 0 Å². The average Bonchev–Trinajstić information content (AvgIpc) is 3.05. The fraction of sp³-hybridized carbons (Fsp3) is 0.500. The summed E-state index contributed by atoms with van der Waals surface area (Å²) in [5.74, 6) is 0.733. The molecule has 1 atom stereocenters. The fourth-order valence-electron chi connectivity index (χ4n) is 3.47. The van der Waals surface area contributed by atoms with E-state index in [0.717, 1.165) is 23.4 Å². The maximum atomic E-state index is 12.4. The van der Waals surface area contributed by atoms with Crippen molar-refractivity contribution in [1.29, 1.82) is 0 Å². The summed E-state index contributed by atoms with van der Waals surface area (Å²) >= 11 is 1.62. The highest BCUT2D eigenvalue weighted by molar-refractivity contribution is 7.10. The summed E-state index contributed by atoms with van der Waals surface area (Å²) < 4.78 is 12.0. The summed E-state index contributed by atoms with van der Waals surface area (Å²) in [5.41, 5.74) is 0.582. The summed E-state index contributed by atoms with van der Waals surface area (Å²) in [4.78, 5) is 23.8. The molecular weight excluding hydrogens is 338 g/mol. The quantitative estimate of drug-likeness (QED) is 0.838. The van der Waals surface area contributed by atoms with Crippen LogP contribution in [0.1, 0.15) is 23.4 Å². The number of hydrogen-bond acceptors (Lipinski definition) is 6. The lowest BCUT2D eigenvalue weighted by molar-refractivity contribution is -0.193. The molecule has 4 rings (SSSR count). The Morgan fingerprint density at radius 3 is 3.12 bits per heavy atom. The molecule has 2 saturated heterocycles. The molecular formula is C18H21N3O3S. The number of thiophene rings is 1. The van der Waals surface area contributed by atoms with Crippen molar-refractivity contribution < 1.29 is 14.3 Å². The second-order valence-corrected chi connectivity index (χ2v) is 7.80. The van der Waals surface area contributed by atoms with E-state index in [2.05, 4.69) is 9.97 Å². The third-order valence-corrected chi connectivity index (χ3v) is 5.56. The van der Waals surface area contributed by atoms with Gasteiger partial charge in [-0.05, 0) is 18.4 Å². The van der Waals surface area contributed by atoms with Crippen LogP contribution in [-0.2, 0) is 16.0 Å². The monoisotopic (exact) mass is 359 g/mol. The third-order valence-electron chi connectivity index (χ3n) is 4.68. The number of likely N-dealkylation sites (tertiary alicyclic amines) is 1. The fourth-order valence-corrected chi connectivity index (χ4v) is 4.17. The molecule has 0 aliphatic carbocycles. The molecule has 1 amide bonds. The van der Waals surface area contributed by atoms with Gasteiger partial charge in [0.2, 0.25) is 11.8 Å². The minimum absolute atomic E-state index is 0.0550. The Balaban J connectivity index is 1.32. The van der Waals surface area contributed by atoms with E-state index in [1.807, 2.05) is 29.3 Å². The van der Waals surface area contributed by atoms with Gasteiger partial charge in [-0.15, -0.1) is 11.3 Å². The molecule has 0 saturated carbocycles. The molecule has 2 aromatic heterocycles. The number of aromatic nitrogens is 2. The van der Waals surface area contributed by atoms with Gasteiger partial charge in [0.1, 0.15) is 11.7 Å². The van der Waals surface area contributed by atoms with E-state index < -0.39 is 0 Å². The summed E-state index contributed by atoms with van der Waals surface area (Å²) in [5, 5.41) is 2.00. The zero-order valence-corrected chi connectivity index (χ0v) is 15.0. The molecule has 25 heavy (non-hydrogen) atoms. The summed E-state index contributed by atoms with van der Waals surface area (Å²) in [6.07, 6.45) is 5.51. The van der Waals surface area contributed by atoms with Crippen LogP contribution in [0.3, 0.4) is 0 Å². The van der Waals surface area contributed by atoms with Crippen molar-refractivity contribution in [3.05, 3.63) is 40.5 Å². The highest BCUT2D eigenvalue weighted by Gasteiger charge is 2.49. The largest absolute Gasteiger partial charge is 0.473 e. The standard InChI is InChI=1S/C18H21N3O3S/c1-13-9-19-10-16(20-13)24-14-4-5-23-18(8-14)11-21(12-18)17(22)7-15-3-2-6-25-15/h2-3,6,9-10,14H,4-5,7-8,11-12H2,1H3. The van der Waals surface area contributed by atoms with Crippen LogP contribution in [0.2, 0.25) is 0 Å². The summed E-state index contributed by atoms with van der Waals surface area (Å²) in [7, 11) is 0. The summed E-state index contributed by atoms with van der Waals surface area (Å²) in [6.45, 7) is 3.85. The lowest BCUT2D eigenvalue weighted by Crippen LogP contribution is -2.67. The topological polar surface area (TPSA) is 64.6 Å². The van der Waals surface area contributed by atoms with E-state index in [-0.39, 0.29) is 17.6 Å². The van der Waals surface area contributed by atoms with Gasteiger partial charge >= 0.3 is 0 Å². The lowest BCUT2D eigenvalue weighted by atomic mass is 9.84. The Morgan fingerprint density at radius 2 is 2.36 bits per heavy atom. The summed E-state index contributed by atoms with van der Waals surface area (Å²) in [6, 6.07) is 3.98. The SMILES string of the molecule is Cc1cncc(OC2CCOC3(C2)CN(C(=O)Cc2cccs2)C3)n1. The van der Waals surface area contributed by atoms with Gasteiger partial charge in [0.15, 0.2) is 0 Å². The predicted octanol–water partition coefficient (Wildman–Crippen LogP) is 2.23. The molecule has 2 aliphatic rings. The molecule has 0 bridgehead atoms. The molecule has 1 unspecified atom stereocenters. The number of aryl methyl sites for hydroxylation is 1. The normalized spacial score (nSPS) is 21.8. The molecule has 2 aromatic rings. The van der Waals surface area contributed by atoms with Crippen LogP contribution in [0.25, 0.3) is 0 Å². The van der Waals surface area contributed by atoms with Crippen molar-refractivity contribution in [1.82, 2.24) is 14.9 Å². The minimum atomic E-state index is -0.259. The molecule has 0 N–H and O–H groups in total. The zero-order chi connectivity index (χ0) is 17.3. The predicted molar refractivity (Wildman–Crippen MR) is 93.7 cm³/mol. The Kier molecular flexibility index (Phi) is 4.43. The number of ether oxygens (including phenoxy) is 2. The Bertz CT molecular complexity index is 744. The van der Waals surface area contributed by atoms with Gasteiger partial charge in [-0.1, -0.05) is 6.07 Å². The Morgan fingerprint density at radius 1 is 1.48 bits per heavy atom. The van der Waals surface area contributed by atoms with Crippen LogP contribution in [-0.4, -0.2) is 52.2 Å². The maximum Gasteiger partial charge on any atom is 0.232 e. The number of amides is 1. The molecule has 2 aliphatic heterocycles. The third kappa shape index (κ3) is 3.67. The van der Waals surface area contributed by atoms with Crippen molar-refractivity contribution in [3.8, 4) is 5.88 Å². The van der Waals surface area contributed by atoms with E-state index in [9.17, 15) is 4.79 Å². The van der Waals surface area contributed by atoms with Crippen molar-refractivity contribution in [2.45, 2.75) is 37.9 Å². The van der Waals surface area contributed by atoms with Crippen LogP contribution in [0.4, 0.5) is 0 Å². The molecule has 2 fully saturated rings. The molecule has 1 spiro atoms. The van der Waals surface area contributed by atoms with Crippen molar-refractivity contribution in [2.75, 3.05) is 19.7 Å². The molecule has 4 heterocycles. The van der Waals surface area contributed by atoms with E-state index in [1.165, 1.54) is 0 Å². The zero-order valence-electron chi connectivity index (χ0n) is 14.2. The van der Waals surface area contributed by atoms with Gasteiger partial charge < -0.3 is 14.4 Å². The van der Waals surface area contributed by atoms with Gasteiger partial charge in [0, 0.05) is 23.9 Å². The molecule has 132 valence electrons. The second-order valence-electron chi connectivity index (χ2n) is 6.77. The van der Waals surface area contributed by atoms with Gasteiger partial charge in [0.25, 0.3) is 0 Å². The van der Waals surface area contributed by atoms with Crippen LogP contribution in [0, 0.1) is 6.92 Å². The van der Waals surface area contributed by atoms with Gasteiger partial charge in [-0.2, -0.15) is 0 Å². The van der Waals surface area contributed by atoms with E-state index in [0.29, 0.717) is 32.0 Å². The first kappa shape index (κ1) is 16.5. The first-order valence-corrected chi connectivity index (χ1v) is 9.39. The maximum absolute atomic E-state index is 12.4.